The minimum atomic E-state index is -4.41. The molecule has 2 rings (SSSR count). The largest absolute Gasteiger partial charge is 0.416 e. The predicted octanol–water partition coefficient (Wildman–Crippen LogP) is 4.68. The van der Waals surface area contributed by atoms with Crippen LogP contribution in [0.25, 0.3) is 6.08 Å². The number of carbonyl (C=O) groups excluding carboxylic acids is 1. The Morgan fingerprint density at radius 2 is 1.88 bits per heavy atom. The van der Waals surface area contributed by atoms with Gasteiger partial charge in [-0.05, 0) is 56.2 Å². The molecule has 24 heavy (non-hydrogen) atoms. The van der Waals surface area contributed by atoms with Crippen LogP contribution in [-0.2, 0) is 11.0 Å². The van der Waals surface area contributed by atoms with Gasteiger partial charge in [0.25, 0.3) is 0 Å². The number of nitrogens with one attached hydrogen (secondary N) is 1. The number of rotatable bonds is 3. The molecule has 0 aliphatic carbocycles. The molecule has 2 aromatic rings. The van der Waals surface area contributed by atoms with Crippen molar-refractivity contribution >= 4 is 17.7 Å². The number of carbonyl (C=O) groups is 1. The van der Waals surface area contributed by atoms with Crippen molar-refractivity contribution < 1.29 is 18.0 Å². The first kappa shape index (κ1) is 17.7. The number of amides is 1. The molecule has 0 saturated carbocycles. The van der Waals surface area contributed by atoms with Gasteiger partial charge in [0.05, 0.1) is 16.9 Å². The second-order valence-electron chi connectivity index (χ2n) is 5.49. The van der Waals surface area contributed by atoms with Crippen LogP contribution in [0.15, 0.2) is 36.4 Å². The Balaban J connectivity index is 2.15. The third-order valence-corrected chi connectivity index (χ3v) is 3.41. The molecule has 0 bridgehead atoms. The normalized spacial score (nSPS) is 11.8. The Bertz CT molecular complexity index is 772. The van der Waals surface area contributed by atoms with Gasteiger partial charge in [0.2, 0.25) is 5.91 Å². The molecule has 0 saturated heterocycles. The summed E-state index contributed by atoms with van der Waals surface area (Å²) in [6.07, 6.45) is -1.86. The Morgan fingerprint density at radius 1 is 1.17 bits per heavy atom. The summed E-state index contributed by atoms with van der Waals surface area (Å²) >= 11 is 0. The van der Waals surface area contributed by atoms with Crippen molar-refractivity contribution in [2.24, 2.45) is 0 Å². The first-order valence-electron chi connectivity index (χ1n) is 7.28. The first-order valence-corrected chi connectivity index (χ1v) is 7.28. The van der Waals surface area contributed by atoms with E-state index >= 15 is 0 Å². The van der Waals surface area contributed by atoms with Crippen molar-refractivity contribution in [3.63, 3.8) is 0 Å². The Kier molecular flexibility index (Phi) is 5.07. The number of nitrogens with zero attached hydrogens (tertiary/aromatic N) is 1. The molecule has 6 heteroatoms. The highest BCUT2D eigenvalue weighted by atomic mass is 19.4. The van der Waals surface area contributed by atoms with Crippen molar-refractivity contribution in [1.82, 2.24) is 4.98 Å². The Hall–Kier alpha value is -2.63. The maximum absolute atomic E-state index is 12.7. The molecule has 0 fully saturated rings. The van der Waals surface area contributed by atoms with Crippen LogP contribution in [0.1, 0.15) is 28.1 Å². The molecule has 1 amide bonds. The lowest BCUT2D eigenvalue weighted by Gasteiger charge is -2.10. The van der Waals surface area contributed by atoms with E-state index in [4.69, 9.17) is 0 Å². The molecule has 1 aromatic carbocycles. The van der Waals surface area contributed by atoms with Gasteiger partial charge in [-0.25, -0.2) is 0 Å². The van der Waals surface area contributed by atoms with E-state index in [1.165, 1.54) is 24.3 Å². The van der Waals surface area contributed by atoms with Crippen LogP contribution in [0.3, 0.4) is 0 Å². The van der Waals surface area contributed by atoms with Crippen LogP contribution >= 0.6 is 0 Å². The molecular formula is C18H17F3N2O. The van der Waals surface area contributed by atoms with E-state index in [1.807, 2.05) is 19.9 Å². The minimum absolute atomic E-state index is 0.301. The average Bonchev–Trinajstić information content (AvgIpc) is 2.48. The summed E-state index contributed by atoms with van der Waals surface area (Å²) in [5.41, 5.74) is 2.57. The van der Waals surface area contributed by atoms with Crippen LogP contribution in [0.2, 0.25) is 0 Å². The van der Waals surface area contributed by atoms with Gasteiger partial charge in [0.1, 0.15) is 0 Å². The highest BCUT2D eigenvalue weighted by molar-refractivity contribution is 6.02. The van der Waals surface area contributed by atoms with Crippen molar-refractivity contribution in [3.8, 4) is 0 Å². The summed E-state index contributed by atoms with van der Waals surface area (Å²) in [5, 5.41) is 2.71. The zero-order valence-electron chi connectivity index (χ0n) is 13.5. The SMILES string of the molecule is Cc1cc(C)c(NC(=O)/C=C/c2cccc(C(F)(F)F)c2)c(C)n1. The minimum Gasteiger partial charge on any atom is -0.321 e. The van der Waals surface area contributed by atoms with Gasteiger partial charge in [-0.1, -0.05) is 12.1 Å². The first-order chi connectivity index (χ1) is 11.2. The molecule has 0 aliphatic rings. The highest BCUT2D eigenvalue weighted by Gasteiger charge is 2.30. The molecule has 0 atom stereocenters. The smallest absolute Gasteiger partial charge is 0.321 e. The summed E-state index contributed by atoms with van der Waals surface area (Å²) in [4.78, 5) is 16.3. The lowest BCUT2D eigenvalue weighted by molar-refractivity contribution is -0.137. The number of aromatic nitrogens is 1. The summed E-state index contributed by atoms with van der Waals surface area (Å²) < 4.78 is 38.0. The number of hydrogen-bond acceptors (Lipinski definition) is 2. The molecule has 1 heterocycles. The summed E-state index contributed by atoms with van der Waals surface area (Å²) in [6.45, 7) is 5.50. The molecule has 0 aliphatic heterocycles. The van der Waals surface area contributed by atoms with Gasteiger partial charge in [0.15, 0.2) is 0 Å². The van der Waals surface area contributed by atoms with E-state index in [-0.39, 0.29) is 0 Å². The Labute approximate surface area is 138 Å². The second kappa shape index (κ2) is 6.86. The van der Waals surface area contributed by atoms with Crippen LogP contribution in [0.4, 0.5) is 18.9 Å². The van der Waals surface area contributed by atoms with E-state index in [0.29, 0.717) is 16.9 Å². The lowest BCUT2D eigenvalue weighted by atomic mass is 10.1. The van der Waals surface area contributed by atoms with Crippen molar-refractivity contribution in [2.75, 3.05) is 5.32 Å². The fraction of sp³-hybridized carbons (Fsp3) is 0.222. The van der Waals surface area contributed by atoms with Gasteiger partial charge in [-0.2, -0.15) is 13.2 Å². The van der Waals surface area contributed by atoms with Crippen molar-refractivity contribution in [3.05, 3.63) is 64.5 Å². The maximum Gasteiger partial charge on any atom is 0.416 e. The predicted molar refractivity (Wildman–Crippen MR) is 87.6 cm³/mol. The molecule has 1 N–H and O–H groups in total. The lowest BCUT2D eigenvalue weighted by Crippen LogP contribution is -2.11. The van der Waals surface area contributed by atoms with Gasteiger partial charge in [-0.3, -0.25) is 9.78 Å². The van der Waals surface area contributed by atoms with Gasteiger partial charge < -0.3 is 5.32 Å². The van der Waals surface area contributed by atoms with E-state index in [2.05, 4.69) is 10.3 Å². The summed E-state index contributed by atoms with van der Waals surface area (Å²) in [6, 6.07) is 6.64. The average molecular weight is 334 g/mol. The van der Waals surface area contributed by atoms with Gasteiger partial charge in [0, 0.05) is 11.8 Å². The Morgan fingerprint density at radius 3 is 2.50 bits per heavy atom. The number of pyridine rings is 1. The zero-order valence-corrected chi connectivity index (χ0v) is 13.5. The highest BCUT2D eigenvalue weighted by Crippen LogP contribution is 2.29. The van der Waals surface area contributed by atoms with Crippen molar-refractivity contribution in [2.45, 2.75) is 26.9 Å². The fourth-order valence-corrected chi connectivity index (χ4v) is 2.37. The number of anilines is 1. The maximum atomic E-state index is 12.7. The van der Waals surface area contributed by atoms with Gasteiger partial charge >= 0.3 is 6.18 Å². The standard InChI is InChI=1S/C18H17F3N2O/c1-11-9-12(2)22-13(3)17(11)23-16(24)8-7-14-5-4-6-15(10-14)18(19,20)21/h4-10H,1-3H3,(H,23,24)/b8-7+. The molecule has 1 aromatic heterocycles. The number of hydrogen-bond donors (Lipinski definition) is 1. The van der Waals surface area contributed by atoms with Crippen LogP contribution < -0.4 is 5.32 Å². The van der Waals surface area contributed by atoms with E-state index in [0.717, 1.165) is 23.4 Å². The van der Waals surface area contributed by atoms with Crippen LogP contribution in [0.5, 0.6) is 0 Å². The second-order valence-corrected chi connectivity index (χ2v) is 5.49. The monoisotopic (exact) mass is 334 g/mol. The molecular weight excluding hydrogens is 317 g/mol. The third-order valence-electron chi connectivity index (χ3n) is 3.41. The number of alkyl halides is 3. The zero-order chi connectivity index (χ0) is 17.9. The summed E-state index contributed by atoms with van der Waals surface area (Å²) in [5.74, 6) is -0.427. The number of benzene rings is 1. The van der Waals surface area contributed by atoms with Gasteiger partial charge in [-0.15, -0.1) is 0 Å². The quantitative estimate of drug-likeness (QED) is 0.828. The number of halogens is 3. The number of aryl methyl sites for hydroxylation is 3. The molecule has 0 radical (unpaired) electrons. The van der Waals surface area contributed by atoms with Crippen molar-refractivity contribution in [1.29, 1.82) is 0 Å². The fourth-order valence-electron chi connectivity index (χ4n) is 2.37. The van der Waals surface area contributed by atoms with E-state index in [1.54, 1.807) is 6.92 Å². The van der Waals surface area contributed by atoms with E-state index < -0.39 is 17.6 Å². The third kappa shape index (κ3) is 4.44. The van der Waals surface area contributed by atoms with Crippen LogP contribution in [0, 0.1) is 20.8 Å². The molecule has 3 nitrogen and oxygen atoms in total. The molecule has 0 unspecified atom stereocenters. The topological polar surface area (TPSA) is 42.0 Å². The van der Waals surface area contributed by atoms with E-state index in [9.17, 15) is 18.0 Å². The summed E-state index contributed by atoms with van der Waals surface area (Å²) in [7, 11) is 0. The molecule has 126 valence electrons. The van der Waals surface area contributed by atoms with Crippen LogP contribution in [-0.4, -0.2) is 10.9 Å². The molecule has 0 spiro atoms.